The van der Waals surface area contributed by atoms with Gasteiger partial charge in [-0.2, -0.15) is 0 Å². The Balaban J connectivity index is 2.32. The molecule has 0 spiro atoms. The zero-order valence-electron chi connectivity index (χ0n) is 12.1. The van der Waals surface area contributed by atoms with Crippen molar-refractivity contribution in [3.8, 4) is 0 Å². The summed E-state index contributed by atoms with van der Waals surface area (Å²) in [6, 6.07) is 10.3. The summed E-state index contributed by atoms with van der Waals surface area (Å²) in [6.45, 7) is 1.84. The fraction of sp³-hybridized carbons (Fsp3) is 0.133. The van der Waals surface area contributed by atoms with Gasteiger partial charge in [0.2, 0.25) is 10.0 Å². The van der Waals surface area contributed by atoms with E-state index in [2.05, 4.69) is 10.0 Å². The molecule has 0 heterocycles. The Bertz CT molecular complexity index is 819. The monoisotopic (exact) mass is 322 g/mol. The van der Waals surface area contributed by atoms with Crippen LogP contribution in [-0.4, -0.2) is 20.6 Å². The van der Waals surface area contributed by atoms with E-state index in [1.807, 2.05) is 13.0 Å². The second-order valence-corrected chi connectivity index (χ2v) is 6.64. The van der Waals surface area contributed by atoms with Gasteiger partial charge in [0.25, 0.3) is 5.91 Å². The topological polar surface area (TPSA) is 75.3 Å². The van der Waals surface area contributed by atoms with E-state index < -0.39 is 21.7 Å². The Morgan fingerprint density at radius 3 is 2.45 bits per heavy atom. The largest absolute Gasteiger partial charge is 0.320 e. The van der Waals surface area contributed by atoms with Crippen LogP contribution in [0.3, 0.4) is 0 Å². The third-order valence-corrected chi connectivity index (χ3v) is 3.40. The van der Waals surface area contributed by atoms with E-state index in [0.717, 1.165) is 24.0 Å². The van der Waals surface area contributed by atoms with Crippen molar-refractivity contribution in [1.29, 1.82) is 0 Å². The van der Waals surface area contributed by atoms with Gasteiger partial charge in [0.15, 0.2) is 0 Å². The highest BCUT2D eigenvalue weighted by Crippen LogP contribution is 2.24. The maximum Gasteiger partial charge on any atom is 0.255 e. The van der Waals surface area contributed by atoms with Crippen molar-refractivity contribution in [2.24, 2.45) is 0 Å². The predicted molar refractivity (Wildman–Crippen MR) is 84.0 cm³/mol. The van der Waals surface area contributed by atoms with Crippen LogP contribution in [0.15, 0.2) is 42.5 Å². The molecule has 0 aromatic heterocycles. The Labute approximate surface area is 128 Å². The maximum atomic E-state index is 13.4. The highest BCUT2D eigenvalue weighted by molar-refractivity contribution is 7.92. The number of aryl methyl sites for hydroxylation is 1. The minimum Gasteiger partial charge on any atom is -0.320 e. The van der Waals surface area contributed by atoms with Crippen molar-refractivity contribution in [2.45, 2.75) is 6.92 Å². The van der Waals surface area contributed by atoms with Crippen LogP contribution < -0.4 is 10.0 Å². The molecule has 116 valence electrons. The Morgan fingerprint density at radius 2 is 1.82 bits per heavy atom. The third-order valence-electron chi connectivity index (χ3n) is 2.81. The summed E-state index contributed by atoms with van der Waals surface area (Å²) >= 11 is 0. The van der Waals surface area contributed by atoms with Gasteiger partial charge in [0.1, 0.15) is 5.82 Å². The molecule has 0 atom stereocenters. The summed E-state index contributed by atoms with van der Waals surface area (Å²) in [7, 11) is -3.54. The molecule has 7 heteroatoms. The molecule has 0 aliphatic rings. The molecule has 1 amide bonds. The normalized spacial score (nSPS) is 11.0. The van der Waals surface area contributed by atoms with Crippen LogP contribution in [0.4, 0.5) is 15.8 Å². The lowest BCUT2D eigenvalue weighted by Crippen LogP contribution is -2.16. The summed E-state index contributed by atoms with van der Waals surface area (Å²) in [5, 5.41) is 2.51. The van der Waals surface area contributed by atoms with E-state index in [4.69, 9.17) is 0 Å². The maximum absolute atomic E-state index is 13.4. The van der Waals surface area contributed by atoms with Crippen LogP contribution in [0, 0.1) is 12.7 Å². The summed E-state index contributed by atoms with van der Waals surface area (Å²) in [6.07, 6.45) is 0.975. The minimum absolute atomic E-state index is 0.0527. The average molecular weight is 322 g/mol. The van der Waals surface area contributed by atoms with E-state index in [1.165, 1.54) is 6.07 Å². The molecule has 22 heavy (non-hydrogen) atoms. The van der Waals surface area contributed by atoms with E-state index in [0.29, 0.717) is 5.56 Å². The number of carbonyl (C=O) groups is 1. The first-order valence-electron chi connectivity index (χ1n) is 6.40. The van der Waals surface area contributed by atoms with E-state index in [9.17, 15) is 17.6 Å². The van der Waals surface area contributed by atoms with Gasteiger partial charge in [-0.25, -0.2) is 12.8 Å². The molecular formula is C15H15FN2O3S. The molecule has 0 aliphatic carbocycles. The summed E-state index contributed by atoms with van der Waals surface area (Å²) in [5.74, 6) is -1.04. The number of anilines is 2. The van der Waals surface area contributed by atoms with Crippen LogP contribution in [0.2, 0.25) is 0 Å². The minimum atomic E-state index is -3.54. The number of carbonyl (C=O) groups excluding carboxylic acids is 1. The molecule has 2 aromatic carbocycles. The Hall–Kier alpha value is -2.41. The molecule has 2 N–H and O–H groups in total. The van der Waals surface area contributed by atoms with Crippen molar-refractivity contribution in [3.05, 3.63) is 59.4 Å². The van der Waals surface area contributed by atoms with Crippen molar-refractivity contribution in [3.63, 3.8) is 0 Å². The van der Waals surface area contributed by atoms with Gasteiger partial charge < -0.3 is 5.32 Å². The van der Waals surface area contributed by atoms with Gasteiger partial charge in [-0.15, -0.1) is 0 Å². The zero-order chi connectivity index (χ0) is 16.3. The molecule has 2 aromatic rings. The van der Waals surface area contributed by atoms with Crippen LogP contribution >= 0.6 is 0 Å². The highest BCUT2D eigenvalue weighted by Gasteiger charge is 2.13. The van der Waals surface area contributed by atoms with Crippen molar-refractivity contribution in [2.75, 3.05) is 16.3 Å². The molecule has 0 unspecified atom stereocenters. The molecule has 0 saturated carbocycles. The first-order chi connectivity index (χ1) is 10.2. The second kappa shape index (κ2) is 6.15. The Morgan fingerprint density at radius 1 is 1.09 bits per heavy atom. The first-order valence-corrected chi connectivity index (χ1v) is 8.29. The smallest absolute Gasteiger partial charge is 0.255 e. The number of halogens is 1. The zero-order valence-corrected chi connectivity index (χ0v) is 12.9. The van der Waals surface area contributed by atoms with Gasteiger partial charge >= 0.3 is 0 Å². The molecule has 0 aliphatic heterocycles. The van der Waals surface area contributed by atoms with Gasteiger partial charge in [-0.05, 0) is 37.3 Å². The summed E-state index contributed by atoms with van der Waals surface area (Å²) in [4.78, 5) is 12.2. The van der Waals surface area contributed by atoms with Gasteiger partial charge in [0, 0.05) is 5.56 Å². The van der Waals surface area contributed by atoms with Gasteiger partial charge in [-0.1, -0.05) is 17.7 Å². The predicted octanol–water partition coefficient (Wildman–Crippen LogP) is 2.76. The van der Waals surface area contributed by atoms with E-state index >= 15 is 0 Å². The number of amides is 1. The number of hydrogen-bond acceptors (Lipinski definition) is 3. The highest BCUT2D eigenvalue weighted by atomic mass is 32.2. The fourth-order valence-electron chi connectivity index (χ4n) is 1.89. The molecule has 5 nitrogen and oxygen atoms in total. The van der Waals surface area contributed by atoms with Gasteiger partial charge in [0.05, 0.1) is 17.6 Å². The van der Waals surface area contributed by atoms with Gasteiger partial charge in [-0.3, -0.25) is 9.52 Å². The van der Waals surface area contributed by atoms with Crippen molar-refractivity contribution >= 4 is 27.3 Å². The molecule has 0 bridgehead atoms. The van der Waals surface area contributed by atoms with Crippen molar-refractivity contribution in [1.82, 2.24) is 0 Å². The van der Waals surface area contributed by atoms with Crippen LogP contribution in [-0.2, 0) is 10.0 Å². The number of rotatable bonds is 4. The number of sulfonamides is 1. The van der Waals surface area contributed by atoms with Crippen LogP contribution in [0.1, 0.15) is 15.9 Å². The lowest BCUT2D eigenvalue weighted by molar-refractivity contribution is 0.102. The fourth-order valence-corrected chi connectivity index (χ4v) is 2.47. The second-order valence-electron chi connectivity index (χ2n) is 4.89. The summed E-state index contributed by atoms with van der Waals surface area (Å²) in [5.41, 5.74) is 1.46. The molecule has 0 fully saturated rings. The lowest BCUT2D eigenvalue weighted by Gasteiger charge is -2.12. The molecule has 0 radical (unpaired) electrons. The average Bonchev–Trinajstić information content (AvgIpc) is 2.40. The number of nitrogens with one attached hydrogen (secondary N) is 2. The lowest BCUT2D eigenvalue weighted by atomic mass is 10.1. The van der Waals surface area contributed by atoms with Crippen LogP contribution in [0.5, 0.6) is 0 Å². The van der Waals surface area contributed by atoms with Crippen LogP contribution in [0.25, 0.3) is 0 Å². The SMILES string of the molecule is Cc1cccc(C(=O)Nc2cc(F)ccc2NS(C)(=O)=O)c1. The van der Waals surface area contributed by atoms with Crippen molar-refractivity contribution < 1.29 is 17.6 Å². The third kappa shape index (κ3) is 4.29. The first kappa shape index (κ1) is 16.0. The van der Waals surface area contributed by atoms with E-state index in [1.54, 1.807) is 18.2 Å². The molecule has 0 saturated heterocycles. The Kier molecular flexibility index (Phi) is 4.46. The number of benzene rings is 2. The molecule has 2 rings (SSSR count). The quantitative estimate of drug-likeness (QED) is 0.909. The number of hydrogen-bond donors (Lipinski definition) is 2. The van der Waals surface area contributed by atoms with E-state index in [-0.39, 0.29) is 11.4 Å². The standard InChI is InChI=1S/C15H15FN2O3S/c1-10-4-3-5-11(8-10)15(19)17-14-9-12(16)6-7-13(14)18-22(2,20)21/h3-9,18H,1-2H3,(H,17,19). The molecular weight excluding hydrogens is 307 g/mol. The summed E-state index contributed by atoms with van der Waals surface area (Å²) < 4.78 is 38.2.